The van der Waals surface area contributed by atoms with Crippen LogP contribution >= 0.6 is 0 Å². The van der Waals surface area contributed by atoms with E-state index in [2.05, 4.69) is 20.6 Å². The number of benzene rings is 1. The average Bonchev–Trinajstić information content (AvgIpc) is 2.95. The number of H-pyrrole nitrogens is 1. The number of aromatic amines is 1. The predicted octanol–water partition coefficient (Wildman–Crippen LogP) is 2.10. The molecule has 1 aromatic carbocycles. The Labute approximate surface area is 122 Å². The summed E-state index contributed by atoms with van der Waals surface area (Å²) in [6, 6.07) is 7.25. The number of amides is 2. The Morgan fingerprint density at radius 1 is 1.43 bits per heavy atom. The third-order valence-corrected chi connectivity index (χ3v) is 3.68. The molecule has 1 aliphatic carbocycles. The quantitative estimate of drug-likeness (QED) is 0.808. The van der Waals surface area contributed by atoms with Crippen LogP contribution in [0.1, 0.15) is 17.8 Å². The van der Waals surface area contributed by atoms with Gasteiger partial charge in [0.2, 0.25) is 0 Å². The van der Waals surface area contributed by atoms with Gasteiger partial charge in [0.15, 0.2) is 0 Å². The van der Waals surface area contributed by atoms with Crippen LogP contribution in [0.3, 0.4) is 0 Å². The molecule has 0 bridgehead atoms. The molecule has 1 aromatic heterocycles. The third-order valence-electron chi connectivity index (χ3n) is 3.68. The van der Waals surface area contributed by atoms with E-state index in [1.165, 1.54) is 0 Å². The van der Waals surface area contributed by atoms with Crippen LogP contribution in [0.2, 0.25) is 0 Å². The molecule has 3 rings (SSSR count). The van der Waals surface area contributed by atoms with Crippen molar-refractivity contribution in [1.82, 2.24) is 15.3 Å². The summed E-state index contributed by atoms with van der Waals surface area (Å²) < 4.78 is 5.22. The number of imidazole rings is 1. The molecule has 6 heteroatoms. The highest BCUT2D eigenvalue weighted by molar-refractivity contribution is 5.91. The molecule has 1 aliphatic rings. The van der Waals surface area contributed by atoms with Gasteiger partial charge in [-0.15, -0.1) is 0 Å². The van der Waals surface area contributed by atoms with Crippen molar-refractivity contribution in [2.45, 2.75) is 25.3 Å². The van der Waals surface area contributed by atoms with Crippen molar-refractivity contribution in [2.24, 2.45) is 0 Å². The summed E-state index contributed by atoms with van der Waals surface area (Å²) >= 11 is 0. The number of nitrogens with one attached hydrogen (secondary N) is 3. The second kappa shape index (κ2) is 5.87. The molecule has 3 N–H and O–H groups in total. The van der Waals surface area contributed by atoms with Crippen LogP contribution < -0.4 is 15.4 Å². The monoisotopic (exact) mass is 286 g/mol. The van der Waals surface area contributed by atoms with Crippen LogP contribution in [-0.4, -0.2) is 29.2 Å². The minimum absolute atomic E-state index is 0.118. The number of aromatic nitrogens is 2. The number of carbonyl (C=O) groups is 1. The van der Waals surface area contributed by atoms with E-state index in [1.54, 1.807) is 13.4 Å². The molecule has 1 unspecified atom stereocenters. The molecule has 1 heterocycles. The smallest absolute Gasteiger partial charge is 0.319 e. The molecule has 2 amide bonds. The van der Waals surface area contributed by atoms with Gasteiger partial charge in [0.05, 0.1) is 24.8 Å². The van der Waals surface area contributed by atoms with E-state index in [0.717, 1.165) is 30.7 Å². The van der Waals surface area contributed by atoms with Gasteiger partial charge in [0.25, 0.3) is 0 Å². The minimum atomic E-state index is -0.215. The first kappa shape index (κ1) is 13.5. The Hall–Kier alpha value is -2.50. The van der Waals surface area contributed by atoms with Gasteiger partial charge >= 0.3 is 6.03 Å². The summed E-state index contributed by atoms with van der Waals surface area (Å²) in [5.74, 6) is 0.646. The molecular weight excluding hydrogens is 268 g/mol. The normalized spacial score (nSPS) is 16.9. The second-order valence-corrected chi connectivity index (χ2v) is 5.07. The topological polar surface area (TPSA) is 79.0 Å². The molecule has 1 atom stereocenters. The lowest BCUT2D eigenvalue weighted by Crippen LogP contribution is -2.41. The summed E-state index contributed by atoms with van der Waals surface area (Å²) in [5.41, 5.74) is 2.89. The lowest BCUT2D eigenvalue weighted by atomic mass is 9.96. The SMILES string of the molecule is COc1ccccc1NC(=O)NC1CCc2nc[nH]c2C1. The standard InChI is InChI=1S/C15H18N4O2/c1-21-14-5-3-2-4-12(14)19-15(20)18-10-6-7-11-13(8-10)17-9-16-11/h2-5,9-10H,6-8H2,1H3,(H,16,17)(H2,18,19,20). The first-order valence-electron chi connectivity index (χ1n) is 6.98. The number of rotatable bonds is 3. The number of ether oxygens (including phenoxy) is 1. The lowest BCUT2D eigenvalue weighted by Gasteiger charge is -2.23. The van der Waals surface area contributed by atoms with Crippen molar-refractivity contribution in [2.75, 3.05) is 12.4 Å². The van der Waals surface area contributed by atoms with Gasteiger partial charge < -0.3 is 20.4 Å². The number of hydrogen-bond donors (Lipinski definition) is 3. The highest BCUT2D eigenvalue weighted by Crippen LogP contribution is 2.23. The van der Waals surface area contributed by atoms with E-state index in [4.69, 9.17) is 4.74 Å². The van der Waals surface area contributed by atoms with Gasteiger partial charge in [-0.2, -0.15) is 0 Å². The first-order valence-corrected chi connectivity index (χ1v) is 6.98. The van der Waals surface area contributed by atoms with Crippen molar-refractivity contribution < 1.29 is 9.53 Å². The van der Waals surface area contributed by atoms with Crippen molar-refractivity contribution in [3.63, 3.8) is 0 Å². The molecule has 0 radical (unpaired) electrons. The highest BCUT2D eigenvalue weighted by Gasteiger charge is 2.22. The van der Waals surface area contributed by atoms with E-state index in [9.17, 15) is 4.79 Å². The molecule has 21 heavy (non-hydrogen) atoms. The molecule has 0 fully saturated rings. The Balaban J connectivity index is 1.60. The Morgan fingerprint density at radius 3 is 3.14 bits per heavy atom. The number of aryl methyl sites for hydroxylation is 1. The van der Waals surface area contributed by atoms with Crippen molar-refractivity contribution >= 4 is 11.7 Å². The molecule has 0 saturated carbocycles. The van der Waals surface area contributed by atoms with Gasteiger partial charge in [0.1, 0.15) is 5.75 Å². The zero-order valence-corrected chi connectivity index (χ0v) is 11.8. The van der Waals surface area contributed by atoms with Crippen LogP contribution in [0.4, 0.5) is 10.5 Å². The number of carbonyl (C=O) groups excluding carboxylic acids is 1. The van der Waals surface area contributed by atoms with Crippen LogP contribution in [0.25, 0.3) is 0 Å². The molecule has 110 valence electrons. The molecule has 6 nitrogen and oxygen atoms in total. The molecule has 0 aliphatic heterocycles. The summed E-state index contributed by atoms with van der Waals surface area (Å²) in [7, 11) is 1.58. The van der Waals surface area contributed by atoms with E-state index in [-0.39, 0.29) is 12.1 Å². The Bertz CT molecular complexity index is 638. The maximum atomic E-state index is 12.1. The van der Waals surface area contributed by atoms with Gasteiger partial charge in [0, 0.05) is 18.2 Å². The van der Waals surface area contributed by atoms with E-state index >= 15 is 0 Å². The molecular formula is C15H18N4O2. The maximum absolute atomic E-state index is 12.1. The van der Waals surface area contributed by atoms with Gasteiger partial charge in [-0.3, -0.25) is 0 Å². The summed E-state index contributed by atoms with van der Waals surface area (Å²) in [6.45, 7) is 0. The van der Waals surface area contributed by atoms with E-state index < -0.39 is 0 Å². The molecule has 2 aromatic rings. The fourth-order valence-corrected chi connectivity index (χ4v) is 2.62. The van der Waals surface area contributed by atoms with Gasteiger partial charge in [-0.05, 0) is 25.0 Å². The molecule has 0 saturated heterocycles. The third kappa shape index (κ3) is 2.99. The highest BCUT2D eigenvalue weighted by atomic mass is 16.5. The second-order valence-electron chi connectivity index (χ2n) is 5.07. The fraction of sp³-hybridized carbons (Fsp3) is 0.333. The number of hydrogen-bond acceptors (Lipinski definition) is 3. The molecule has 0 spiro atoms. The van der Waals surface area contributed by atoms with Crippen LogP contribution in [0.5, 0.6) is 5.75 Å². The van der Waals surface area contributed by atoms with Gasteiger partial charge in [-0.25, -0.2) is 9.78 Å². The average molecular weight is 286 g/mol. The van der Waals surface area contributed by atoms with Crippen molar-refractivity contribution in [3.05, 3.63) is 42.0 Å². The zero-order valence-electron chi connectivity index (χ0n) is 11.8. The lowest BCUT2D eigenvalue weighted by molar-refractivity contribution is 0.247. The van der Waals surface area contributed by atoms with E-state index in [0.29, 0.717) is 11.4 Å². The number of fused-ring (bicyclic) bond motifs is 1. The first-order chi connectivity index (χ1) is 10.3. The van der Waals surface area contributed by atoms with Crippen LogP contribution in [-0.2, 0) is 12.8 Å². The minimum Gasteiger partial charge on any atom is -0.495 e. The number of nitrogens with zero attached hydrogens (tertiary/aromatic N) is 1. The van der Waals surface area contributed by atoms with Crippen LogP contribution in [0.15, 0.2) is 30.6 Å². The Morgan fingerprint density at radius 2 is 2.29 bits per heavy atom. The predicted molar refractivity (Wildman–Crippen MR) is 79.5 cm³/mol. The summed E-state index contributed by atoms with van der Waals surface area (Å²) in [4.78, 5) is 19.5. The number of urea groups is 1. The van der Waals surface area contributed by atoms with Crippen molar-refractivity contribution in [1.29, 1.82) is 0 Å². The maximum Gasteiger partial charge on any atom is 0.319 e. The van der Waals surface area contributed by atoms with Crippen LogP contribution in [0, 0.1) is 0 Å². The summed E-state index contributed by atoms with van der Waals surface area (Å²) in [6.07, 6.45) is 4.28. The largest absolute Gasteiger partial charge is 0.495 e. The van der Waals surface area contributed by atoms with E-state index in [1.807, 2.05) is 24.3 Å². The number of para-hydroxylation sites is 2. The number of anilines is 1. The van der Waals surface area contributed by atoms with Crippen molar-refractivity contribution in [3.8, 4) is 5.75 Å². The summed E-state index contributed by atoms with van der Waals surface area (Å²) in [5, 5.41) is 5.82. The zero-order chi connectivity index (χ0) is 14.7. The van der Waals surface area contributed by atoms with Gasteiger partial charge in [-0.1, -0.05) is 12.1 Å². The Kier molecular flexibility index (Phi) is 3.77. The fourth-order valence-electron chi connectivity index (χ4n) is 2.62. The number of methoxy groups -OCH3 is 1.